The zero-order valence-electron chi connectivity index (χ0n) is 22.3. The zero-order valence-corrected chi connectivity index (χ0v) is 22.3. The van der Waals surface area contributed by atoms with Crippen molar-refractivity contribution in [1.82, 2.24) is 5.06 Å². The smallest absolute Gasteiger partial charge is 0.330 e. The molecule has 1 aliphatic carbocycles. The fraction of sp³-hybridized carbons (Fsp3) is 0.267. The first-order valence-corrected chi connectivity index (χ1v) is 12.5. The topological polar surface area (TPSA) is 92.4 Å². The minimum absolute atomic E-state index is 0.131. The average molecular weight is 514 g/mol. The van der Waals surface area contributed by atoms with E-state index in [1.165, 1.54) is 16.7 Å². The lowest BCUT2D eigenvalue weighted by Gasteiger charge is -2.19. The molecule has 2 aromatic carbocycles. The second-order valence-corrected chi connectivity index (χ2v) is 9.19. The molecule has 0 atom stereocenters. The summed E-state index contributed by atoms with van der Waals surface area (Å²) in [5, 5.41) is 2.60. The van der Waals surface area contributed by atoms with Gasteiger partial charge in [-0.1, -0.05) is 24.3 Å². The molecule has 0 unspecified atom stereocenters. The summed E-state index contributed by atoms with van der Waals surface area (Å²) in [6.45, 7) is 6.10. The van der Waals surface area contributed by atoms with Crippen LogP contribution in [0, 0.1) is 6.92 Å². The normalized spacial score (nSPS) is 13.6. The van der Waals surface area contributed by atoms with Crippen LogP contribution in [-0.2, 0) is 19.2 Å². The Balaban J connectivity index is 0.000000257. The molecule has 1 saturated heterocycles. The van der Waals surface area contributed by atoms with E-state index in [9.17, 15) is 14.4 Å². The van der Waals surface area contributed by atoms with Gasteiger partial charge in [0.05, 0.1) is 5.36 Å². The largest absolute Gasteiger partial charge is 0.456 e. The Morgan fingerprint density at radius 3 is 2.34 bits per heavy atom. The van der Waals surface area contributed by atoms with Crippen molar-refractivity contribution in [3.05, 3.63) is 71.6 Å². The van der Waals surface area contributed by atoms with E-state index in [2.05, 4.69) is 76.3 Å². The molecule has 196 valence electrons. The summed E-state index contributed by atoms with van der Waals surface area (Å²) in [5.41, 5.74) is 6.84. The van der Waals surface area contributed by atoms with E-state index in [1.54, 1.807) is 0 Å². The third kappa shape index (κ3) is 5.59. The number of imide groups is 1. The molecule has 2 amide bonds. The van der Waals surface area contributed by atoms with Gasteiger partial charge in [-0.05, 0) is 49.2 Å². The van der Waals surface area contributed by atoms with Crippen molar-refractivity contribution in [2.75, 3.05) is 25.5 Å². The first-order valence-electron chi connectivity index (χ1n) is 12.5. The number of hydroxylamine groups is 2. The van der Waals surface area contributed by atoms with Gasteiger partial charge in [-0.3, -0.25) is 14.6 Å². The van der Waals surface area contributed by atoms with Crippen LogP contribution in [0.5, 0.6) is 0 Å². The van der Waals surface area contributed by atoms with E-state index < -0.39 is 17.8 Å². The molecule has 0 saturated carbocycles. The van der Waals surface area contributed by atoms with Gasteiger partial charge >= 0.3 is 5.97 Å². The molecule has 0 bridgehead atoms. The van der Waals surface area contributed by atoms with Crippen LogP contribution in [0.15, 0.2) is 70.1 Å². The first-order chi connectivity index (χ1) is 18.2. The lowest BCUT2D eigenvalue weighted by atomic mass is 9.91. The van der Waals surface area contributed by atoms with Gasteiger partial charge in [0.15, 0.2) is 0 Å². The second kappa shape index (κ2) is 11.3. The van der Waals surface area contributed by atoms with E-state index in [0.29, 0.717) is 5.06 Å². The maximum atomic E-state index is 10.7. The highest BCUT2D eigenvalue weighted by Crippen LogP contribution is 2.41. The zero-order chi connectivity index (χ0) is 27.4. The van der Waals surface area contributed by atoms with Gasteiger partial charge in [-0.2, -0.15) is 0 Å². The molecule has 0 radical (unpaired) electrons. The van der Waals surface area contributed by atoms with Crippen molar-refractivity contribution in [2.45, 2.75) is 33.6 Å². The quantitative estimate of drug-likeness (QED) is 0.278. The van der Waals surface area contributed by atoms with Crippen molar-refractivity contribution in [3.63, 3.8) is 0 Å². The molecule has 38 heavy (non-hydrogen) atoms. The van der Waals surface area contributed by atoms with E-state index in [0.717, 1.165) is 46.8 Å². The number of benzene rings is 3. The Morgan fingerprint density at radius 2 is 1.71 bits per heavy atom. The lowest BCUT2D eigenvalue weighted by molar-refractivity contribution is -0.195. The highest BCUT2D eigenvalue weighted by atomic mass is 16.7. The van der Waals surface area contributed by atoms with Crippen LogP contribution in [0.4, 0.5) is 5.69 Å². The molecule has 1 fully saturated rings. The lowest BCUT2D eigenvalue weighted by Crippen LogP contribution is -2.30. The molecular formula is C30H31N3O5. The van der Waals surface area contributed by atoms with Gasteiger partial charge in [0.25, 0.3) is 11.8 Å². The fourth-order valence-electron chi connectivity index (χ4n) is 4.36. The third-order valence-corrected chi connectivity index (χ3v) is 6.19. The van der Waals surface area contributed by atoms with E-state index >= 15 is 0 Å². The van der Waals surface area contributed by atoms with Gasteiger partial charge in [-0.15, -0.1) is 5.06 Å². The summed E-state index contributed by atoms with van der Waals surface area (Å²) < 4.78 is 6.34. The summed E-state index contributed by atoms with van der Waals surface area (Å²) >= 11 is 0. The van der Waals surface area contributed by atoms with Crippen LogP contribution in [0.2, 0.25) is 0 Å². The molecule has 2 aromatic rings. The van der Waals surface area contributed by atoms with Gasteiger partial charge in [0, 0.05) is 74.7 Å². The van der Waals surface area contributed by atoms with Crippen LogP contribution in [-0.4, -0.2) is 43.5 Å². The van der Waals surface area contributed by atoms with E-state index in [1.807, 2.05) is 27.1 Å². The second-order valence-electron chi connectivity index (χ2n) is 9.19. The molecule has 0 N–H and O–H groups in total. The Bertz CT molecular complexity index is 1540. The van der Waals surface area contributed by atoms with Crippen LogP contribution in [0.1, 0.15) is 32.3 Å². The molecule has 3 aliphatic rings. The fourth-order valence-corrected chi connectivity index (χ4v) is 4.36. The van der Waals surface area contributed by atoms with Crippen LogP contribution in [0.3, 0.4) is 0 Å². The van der Waals surface area contributed by atoms with Crippen molar-refractivity contribution >= 4 is 34.4 Å². The molecule has 2 heterocycles. The molecule has 8 heteroatoms. The predicted octanol–water partition coefficient (Wildman–Crippen LogP) is 5.11. The summed E-state index contributed by atoms with van der Waals surface area (Å²) in [6, 6.07) is 21.2. The van der Waals surface area contributed by atoms with Crippen LogP contribution >= 0.6 is 0 Å². The minimum Gasteiger partial charge on any atom is -0.456 e. The molecule has 8 nitrogen and oxygen atoms in total. The molecule has 5 rings (SSSR count). The Hall–Kier alpha value is -4.46. The van der Waals surface area contributed by atoms with Gasteiger partial charge in [-0.25, -0.2) is 4.79 Å². The monoisotopic (exact) mass is 513 g/mol. The number of hydrogen-bond donors (Lipinski definition) is 0. The van der Waals surface area contributed by atoms with Crippen molar-refractivity contribution in [1.29, 1.82) is 0 Å². The highest BCUT2D eigenvalue weighted by Gasteiger charge is 2.31. The maximum Gasteiger partial charge on any atom is 0.330 e. The summed E-state index contributed by atoms with van der Waals surface area (Å²) in [5.74, 6) is -0.699. The molecule has 0 spiro atoms. The Labute approximate surface area is 221 Å². The molecular weight excluding hydrogens is 482 g/mol. The number of carbonyl (C=O) groups excluding carboxylic acids is 3. The van der Waals surface area contributed by atoms with Crippen LogP contribution < -0.4 is 10.3 Å². The number of aryl methyl sites for hydroxylation is 1. The number of carbonyl (C=O) groups is 3. The van der Waals surface area contributed by atoms with Crippen molar-refractivity contribution in [2.24, 2.45) is 4.99 Å². The standard InChI is InChI=1S/C24H24N2O.C6H7NO4/c1-5-25-17-10-12-20-22(14-17)27-23-15-18(26(3)4)11-13-21(23)24(20)19-9-7-6-8-16(19)2;1-4(8)11-7-5(9)2-3-6(7)10/h6-15H,5H2,1-4H3;2-3H2,1H3. The Kier molecular flexibility index (Phi) is 7.90. The van der Waals surface area contributed by atoms with Crippen LogP contribution in [0.25, 0.3) is 33.4 Å². The number of nitrogens with zero attached hydrogens (tertiary/aromatic N) is 3. The van der Waals surface area contributed by atoms with Gasteiger partial charge in [0.1, 0.15) is 11.3 Å². The minimum atomic E-state index is -0.659. The summed E-state index contributed by atoms with van der Waals surface area (Å²) in [4.78, 5) is 42.8. The number of fused-ring (bicyclic) bond motifs is 2. The van der Waals surface area contributed by atoms with Gasteiger partial charge < -0.3 is 14.2 Å². The molecule has 2 aliphatic heterocycles. The predicted molar refractivity (Wildman–Crippen MR) is 146 cm³/mol. The van der Waals surface area contributed by atoms with E-state index in [-0.39, 0.29) is 12.8 Å². The molecule has 0 aromatic heterocycles. The number of rotatable bonds is 4. The maximum absolute atomic E-state index is 10.7. The summed E-state index contributed by atoms with van der Waals surface area (Å²) in [6.07, 6.45) is 0.262. The third-order valence-electron chi connectivity index (χ3n) is 6.19. The number of amides is 2. The number of hydrogen-bond acceptors (Lipinski definition) is 7. The first kappa shape index (κ1) is 26.6. The van der Waals surface area contributed by atoms with Gasteiger partial charge in [0.2, 0.25) is 0 Å². The van der Waals surface area contributed by atoms with Crippen molar-refractivity contribution < 1.29 is 23.6 Å². The summed E-state index contributed by atoms with van der Waals surface area (Å²) in [7, 11) is 4.09. The average Bonchev–Trinajstić information content (AvgIpc) is 3.19. The Morgan fingerprint density at radius 1 is 1.00 bits per heavy atom. The van der Waals surface area contributed by atoms with E-state index in [4.69, 9.17) is 4.42 Å². The SMILES string of the molecule is CC(=O)ON1C(=O)CCC1=O.CCN=c1ccc2c(-c3ccccc3C)c3ccc(N(C)C)cc3oc-2c1. The highest BCUT2D eigenvalue weighted by molar-refractivity contribution is 6.03. The van der Waals surface area contributed by atoms with Crippen molar-refractivity contribution in [3.8, 4) is 22.5 Å². The number of anilines is 1.